The van der Waals surface area contributed by atoms with Gasteiger partial charge < -0.3 is 5.32 Å². The van der Waals surface area contributed by atoms with Crippen LogP contribution in [0, 0.1) is 6.92 Å². The van der Waals surface area contributed by atoms with Crippen molar-refractivity contribution in [1.82, 2.24) is 14.9 Å². The summed E-state index contributed by atoms with van der Waals surface area (Å²) in [6, 6.07) is 6.68. The highest BCUT2D eigenvalue weighted by molar-refractivity contribution is 7.89. The molecule has 1 fully saturated rings. The summed E-state index contributed by atoms with van der Waals surface area (Å²) >= 11 is 0. The van der Waals surface area contributed by atoms with Gasteiger partial charge in [-0.1, -0.05) is 24.1 Å². The number of nitrogens with zero attached hydrogens (tertiary/aromatic N) is 1. The fraction of sp³-hybridized carbons (Fsp3) is 0.588. The summed E-state index contributed by atoms with van der Waals surface area (Å²) in [6.45, 7) is 3.64. The Hall–Kier alpha value is -1.44. The van der Waals surface area contributed by atoms with Gasteiger partial charge in [0.1, 0.15) is 0 Å². The first kappa shape index (κ1) is 18.9. The molecule has 2 N–H and O–H groups in total. The van der Waals surface area contributed by atoms with E-state index in [9.17, 15) is 13.2 Å². The van der Waals surface area contributed by atoms with Crippen LogP contribution < -0.4 is 10.0 Å². The van der Waals surface area contributed by atoms with Crippen molar-refractivity contribution in [3.8, 4) is 0 Å². The lowest BCUT2D eigenvalue weighted by Crippen LogP contribution is -2.47. The molecule has 2 rings (SSSR count). The van der Waals surface area contributed by atoms with Crippen LogP contribution >= 0.6 is 0 Å². The molecule has 0 aromatic heterocycles. The van der Waals surface area contributed by atoms with E-state index in [0.29, 0.717) is 19.5 Å². The topological polar surface area (TPSA) is 78.5 Å². The molecule has 0 saturated carbocycles. The van der Waals surface area contributed by atoms with Crippen molar-refractivity contribution in [3.63, 3.8) is 0 Å². The molecule has 1 aromatic carbocycles. The van der Waals surface area contributed by atoms with Crippen molar-refractivity contribution >= 4 is 15.9 Å². The highest BCUT2D eigenvalue weighted by Crippen LogP contribution is 2.14. The molecule has 24 heavy (non-hydrogen) atoms. The minimum atomic E-state index is -3.48. The van der Waals surface area contributed by atoms with Gasteiger partial charge in [-0.15, -0.1) is 0 Å². The first-order chi connectivity index (χ1) is 11.4. The zero-order valence-corrected chi connectivity index (χ0v) is 15.2. The Balaban J connectivity index is 1.70. The van der Waals surface area contributed by atoms with Crippen LogP contribution in [0.3, 0.4) is 0 Å². The Morgan fingerprint density at radius 1 is 1.21 bits per heavy atom. The summed E-state index contributed by atoms with van der Waals surface area (Å²) in [7, 11) is -1.51. The number of hydrogen-bond donors (Lipinski definition) is 2. The van der Waals surface area contributed by atoms with Gasteiger partial charge in [-0.3, -0.25) is 9.69 Å². The third-order valence-corrected chi connectivity index (χ3v) is 5.83. The lowest BCUT2D eigenvalue weighted by Gasteiger charge is -2.31. The first-order valence-electron chi connectivity index (χ1n) is 8.44. The molecule has 1 aliphatic heterocycles. The molecule has 6 nitrogen and oxygen atoms in total. The van der Waals surface area contributed by atoms with Gasteiger partial charge in [-0.25, -0.2) is 13.1 Å². The molecule has 1 aromatic rings. The summed E-state index contributed by atoms with van der Waals surface area (Å²) in [5, 5.41) is 2.90. The van der Waals surface area contributed by atoms with Crippen LogP contribution in [0.15, 0.2) is 29.2 Å². The molecule has 0 aliphatic carbocycles. The molecule has 1 atom stereocenters. The number of amides is 1. The number of carbonyl (C=O) groups excluding carboxylic acids is 1. The average Bonchev–Trinajstić information content (AvgIpc) is 2.55. The van der Waals surface area contributed by atoms with E-state index >= 15 is 0 Å². The largest absolute Gasteiger partial charge is 0.355 e. The zero-order valence-electron chi connectivity index (χ0n) is 14.4. The maximum absolute atomic E-state index is 12.1. The molecule has 134 valence electrons. The highest BCUT2D eigenvalue weighted by Gasteiger charge is 2.25. The number of rotatable bonds is 7. The first-order valence-corrected chi connectivity index (χ1v) is 9.93. The van der Waals surface area contributed by atoms with Crippen molar-refractivity contribution < 1.29 is 13.2 Å². The van der Waals surface area contributed by atoms with Gasteiger partial charge in [0.2, 0.25) is 15.9 Å². The fourth-order valence-electron chi connectivity index (χ4n) is 2.83. The van der Waals surface area contributed by atoms with E-state index in [4.69, 9.17) is 0 Å². The van der Waals surface area contributed by atoms with Gasteiger partial charge in [0.05, 0.1) is 10.9 Å². The van der Waals surface area contributed by atoms with Gasteiger partial charge in [0, 0.05) is 13.1 Å². The van der Waals surface area contributed by atoms with Gasteiger partial charge in [0.25, 0.3) is 0 Å². The van der Waals surface area contributed by atoms with E-state index < -0.39 is 10.0 Å². The molecule has 0 bridgehead atoms. The number of likely N-dealkylation sites (tertiary alicyclic amines) is 1. The second-order valence-corrected chi connectivity index (χ2v) is 8.11. The summed E-state index contributed by atoms with van der Waals surface area (Å²) in [6.07, 6.45) is 3.68. The van der Waals surface area contributed by atoms with Crippen LogP contribution in [-0.4, -0.2) is 51.9 Å². The molecule has 1 saturated heterocycles. The summed E-state index contributed by atoms with van der Waals surface area (Å²) in [4.78, 5) is 14.5. The summed E-state index contributed by atoms with van der Waals surface area (Å²) in [5.74, 6) is 0.0404. The maximum atomic E-state index is 12.1. The van der Waals surface area contributed by atoms with Crippen LogP contribution in [0.1, 0.15) is 31.2 Å². The molecular formula is C17H27N3O3S. The van der Waals surface area contributed by atoms with Crippen LogP contribution in [-0.2, 0) is 14.8 Å². The second-order valence-electron chi connectivity index (χ2n) is 6.35. The molecule has 1 aliphatic rings. The van der Waals surface area contributed by atoms with E-state index in [2.05, 4.69) is 14.9 Å². The standard InChI is InChI=1S/C17H27N3O3S/c1-14-7-9-15(10-8-14)24(22,23)19-12-5-11-18-17(21)16-6-3-4-13-20(16)2/h7-10,16,19H,3-6,11-13H2,1-2H3,(H,18,21)/t16-/m0/s1. The summed E-state index contributed by atoms with van der Waals surface area (Å²) < 4.78 is 26.8. The lowest BCUT2D eigenvalue weighted by molar-refractivity contribution is -0.127. The number of benzene rings is 1. The van der Waals surface area contributed by atoms with Gasteiger partial charge >= 0.3 is 0 Å². The summed E-state index contributed by atoms with van der Waals surface area (Å²) in [5.41, 5.74) is 1.02. The van der Waals surface area contributed by atoms with Crippen molar-refractivity contribution in [1.29, 1.82) is 0 Å². The van der Waals surface area contributed by atoms with Crippen LogP contribution in [0.2, 0.25) is 0 Å². The van der Waals surface area contributed by atoms with Gasteiger partial charge in [-0.2, -0.15) is 0 Å². The third kappa shape index (κ3) is 5.29. The van der Waals surface area contributed by atoms with E-state index in [1.165, 1.54) is 0 Å². The van der Waals surface area contributed by atoms with Crippen LogP contribution in [0.4, 0.5) is 0 Å². The smallest absolute Gasteiger partial charge is 0.240 e. The Kier molecular flexibility index (Phi) is 6.77. The van der Waals surface area contributed by atoms with E-state index in [0.717, 1.165) is 31.4 Å². The number of sulfonamides is 1. The number of aryl methyl sites for hydroxylation is 1. The lowest BCUT2D eigenvalue weighted by atomic mass is 10.0. The minimum Gasteiger partial charge on any atom is -0.355 e. The van der Waals surface area contributed by atoms with Crippen molar-refractivity contribution in [3.05, 3.63) is 29.8 Å². The Morgan fingerprint density at radius 3 is 2.58 bits per heavy atom. The van der Waals surface area contributed by atoms with E-state index in [1.54, 1.807) is 24.3 Å². The molecule has 1 heterocycles. The number of carbonyl (C=O) groups is 1. The van der Waals surface area contributed by atoms with E-state index in [1.807, 2.05) is 14.0 Å². The minimum absolute atomic E-state index is 0.0404. The van der Waals surface area contributed by atoms with Gasteiger partial charge in [0.15, 0.2) is 0 Å². The molecule has 0 unspecified atom stereocenters. The number of hydrogen-bond acceptors (Lipinski definition) is 4. The predicted octanol–water partition coefficient (Wildman–Crippen LogP) is 1.26. The molecule has 0 radical (unpaired) electrons. The normalized spacial score (nSPS) is 19.2. The quantitative estimate of drug-likeness (QED) is 0.724. The molecular weight excluding hydrogens is 326 g/mol. The monoisotopic (exact) mass is 353 g/mol. The molecule has 1 amide bonds. The maximum Gasteiger partial charge on any atom is 0.240 e. The Bertz CT molecular complexity index is 644. The van der Waals surface area contributed by atoms with Crippen molar-refractivity contribution in [2.75, 3.05) is 26.7 Å². The second kappa shape index (κ2) is 8.60. The van der Waals surface area contributed by atoms with Crippen LogP contribution in [0.5, 0.6) is 0 Å². The predicted molar refractivity (Wildman–Crippen MR) is 94.3 cm³/mol. The fourth-order valence-corrected chi connectivity index (χ4v) is 3.91. The van der Waals surface area contributed by atoms with Crippen molar-refractivity contribution in [2.24, 2.45) is 0 Å². The van der Waals surface area contributed by atoms with Gasteiger partial charge in [-0.05, 0) is 51.9 Å². The third-order valence-electron chi connectivity index (χ3n) is 4.35. The average molecular weight is 353 g/mol. The van der Waals surface area contributed by atoms with E-state index in [-0.39, 0.29) is 16.8 Å². The van der Waals surface area contributed by atoms with Crippen molar-refractivity contribution in [2.45, 2.75) is 43.5 Å². The molecule has 0 spiro atoms. The Labute approximate surface area is 144 Å². The SMILES string of the molecule is Cc1ccc(S(=O)(=O)NCCCNC(=O)[C@@H]2CCCCN2C)cc1. The zero-order chi connectivity index (χ0) is 17.6. The molecule has 7 heteroatoms. The van der Waals surface area contributed by atoms with Crippen LogP contribution in [0.25, 0.3) is 0 Å². The Morgan fingerprint density at radius 2 is 1.92 bits per heavy atom. The highest BCUT2D eigenvalue weighted by atomic mass is 32.2. The number of likely N-dealkylation sites (N-methyl/N-ethyl adjacent to an activating group) is 1. The number of nitrogens with one attached hydrogen (secondary N) is 2. The number of piperidine rings is 1.